The zero-order valence-corrected chi connectivity index (χ0v) is 15.7. The SMILES string of the molecule is CCC(=O)Cc1cc(C(=O)NCc2ccc(OCC(F)F)c(OC)c2)ccn1. The number of nitrogens with zero attached hydrogens (tertiary/aromatic N) is 1. The number of carbonyl (C=O) groups excluding carboxylic acids is 2. The van der Waals surface area contributed by atoms with Gasteiger partial charge in [-0.1, -0.05) is 13.0 Å². The van der Waals surface area contributed by atoms with Crippen molar-refractivity contribution in [1.29, 1.82) is 0 Å². The van der Waals surface area contributed by atoms with Crippen molar-refractivity contribution in [1.82, 2.24) is 10.3 Å². The number of pyridine rings is 1. The Hall–Kier alpha value is -3.03. The minimum atomic E-state index is -2.58. The molecule has 1 N–H and O–H groups in total. The Kier molecular flexibility index (Phi) is 7.86. The van der Waals surface area contributed by atoms with Crippen LogP contribution >= 0.6 is 0 Å². The Bertz CT molecular complexity index is 828. The molecule has 28 heavy (non-hydrogen) atoms. The second kappa shape index (κ2) is 10.3. The molecule has 0 fully saturated rings. The highest BCUT2D eigenvalue weighted by molar-refractivity contribution is 5.94. The van der Waals surface area contributed by atoms with E-state index in [1.807, 2.05) is 0 Å². The third-order valence-corrected chi connectivity index (χ3v) is 3.90. The van der Waals surface area contributed by atoms with E-state index >= 15 is 0 Å². The van der Waals surface area contributed by atoms with Gasteiger partial charge in [0.15, 0.2) is 11.5 Å². The monoisotopic (exact) mass is 392 g/mol. The predicted molar refractivity (Wildman–Crippen MR) is 98.9 cm³/mol. The van der Waals surface area contributed by atoms with E-state index in [9.17, 15) is 18.4 Å². The third kappa shape index (κ3) is 6.29. The van der Waals surface area contributed by atoms with Gasteiger partial charge in [0.1, 0.15) is 12.4 Å². The number of hydrogen-bond donors (Lipinski definition) is 1. The number of Topliss-reactive ketones (excluding diaryl/α,β-unsaturated/α-hetero) is 1. The molecule has 0 atom stereocenters. The number of halogens is 2. The standard InChI is InChI=1S/C20H22F2N2O4/c1-3-16(25)10-15-9-14(6-7-23-15)20(26)24-11-13-4-5-17(18(8-13)27-2)28-12-19(21)22/h4-9,19H,3,10-12H2,1-2H3,(H,24,26). The number of carbonyl (C=O) groups is 2. The molecule has 0 aliphatic carbocycles. The first-order valence-corrected chi connectivity index (χ1v) is 8.75. The molecule has 2 rings (SSSR count). The molecule has 6 nitrogen and oxygen atoms in total. The van der Waals surface area contributed by atoms with E-state index in [-0.39, 0.29) is 30.4 Å². The summed E-state index contributed by atoms with van der Waals surface area (Å²) in [5.41, 5.74) is 1.66. The summed E-state index contributed by atoms with van der Waals surface area (Å²) in [5.74, 6) is 0.241. The summed E-state index contributed by atoms with van der Waals surface area (Å²) in [6.45, 7) is 1.25. The molecule has 150 valence electrons. The molecular formula is C20H22F2N2O4. The molecule has 0 saturated carbocycles. The molecule has 0 spiro atoms. The maximum absolute atomic E-state index is 12.4. The average molecular weight is 392 g/mol. The number of methoxy groups -OCH3 is 1. The topological polar surface area (TPSA) is 77.5 Å². The van der Waals surface area contributed by atoms with Crippen LogP contribution in [0.5, 0.6) is 11.5 Å². The third-order valence-electron chi connectivity index (χ3n) is 3.90. The number of alkyl halides is 2. The van der Waals surface area contributed by atoms with E-state index in [1.165, 1.54) is 19.4 Å². The van der Waals surface area contributed by atoms with Crippen molar-refractivity contribution in [3.63, 3.8) is 0 Å². The van der Waals surface area contributed by atoms with Crippen molar-refractivity contribution in [2.45, 2.75) is 32.7 Å². The summed E-state index contributed by atoms with van der Waals surface area (Å²) in [5, 5.41) is 2.76. The fraction of sp³-hybridized carbons (Fsp3) is 0.350. The van der Waals surface area contributed by atoms with Crippen LogP contribution in [0.15, 0.2) is 36.5 Å². The molecule has 0 saturated heterocycles. The fourth-order valence-electron chi connectivity index (χ4n) is 2.42. The maximum Gasteiger partial charge on any atom is 0.272 e. The first kappa shape index (κ1) is 21.3. The first-order chi connectivity index (χ1) is 13.4. The molecule has 0 aliphatic rings. The summed E-state index contributed by atoms with van der Waals surface area (Å²) < 4.78 is 34.7. The zero-order chi connectivity index (χ0) is 20.5. The molecule has 2 aromatic rings. The van der Waals surface area contributed by atoms with E-state index < -0.39 is 13.0 Å². The maximum atomic E-state index is 12.4. The molecule has 0 unspecified atom stereocenters. The summed E-state index contributed by atoms with van der Waals surface area (Å²) in [4.78, 5) is 28.0. The van der Waals surface area contributed by atoms with Crippen LogP contribution in [0, 0.1) is 0 Å². The van der Waals surface area contributed by atoms with E-state index in [2.05, 4.69) is 10.3 Å². The lowest BCUT2D eigenvalue weighted by Gasteiger charge is -2.12. The van der Waals surface area contributed by atoms with Gasteiger partial charge in [-0.05, 0) is 29.8 Å². The fourth-order valence-corrected chi connectivity index (χ4v) is 2.42. The smallest absolute Gasteiger partial charge is 0.272 e. The molecule has 1 amide bonds. The highest BCUT2D eigenvalue weighted by atomic mass is 19.3. The average Bonchev–Trinajstić information content (AvgIpc) is 2.70. The van der Waals surface area contributed by atoms with E-state index in [0.717, 1.165) is 0 Å². The summed E-state index contributed by atoms with van der Waals surface area (Å²) in [6, 6.07) is 7.94. The Labute approximate surface area is 161 Å². The molecular weight excluding hydrogens is 370 g/mol. The van der Waals surface area contributed by atoms with Crippen LogP contribution in [0.3, 0.4) is 0 Å². The van der Waals surface area contributed by atoms with Gasteiger partial charge in [0, 0.05) is 36.8 Å². The van der Waals surface area contributed by atoms with Crippen LogP contribution in [0.4, 0.5) is 8.78 Å². The highest BCUT2D eigenvalue weighted by Crippen LogP contribution is 2.28. The van der Waals surface area contributed by atoms with Crippen molar-refractivity contribution >= 4 is 11.7 Å². The quantitative estimate of drug-likeness (QED) is 0.672. The number of rotatable bonds is 10. The number of ketones is 1. The number of amides is 1. The van der Waals surface area contributed by atoms with Crippen LogP contribution in [0.2, 0.25) is 0 Å². The lowest BCUT2D eigenvalue weighted by atomic mass is 10.1. The summed E-state index contributed by atoms with van der Waals surface area (Å²) in [7, 11) is 1.41. The van der Waals surface area contributed by atoms with Gasteiger partial charge in [-0.3, -0.25) is 14.6 Å². The van der Waals surface area contributed by atoms with Crippen LogP contribution in [0.25, 0.3) is 0 Å². The largest absolute Gasteiger partial charge is 0.493 e. The van der Waals surface area contributed by atoms with Gasteiger partial charge >= 0.3 is 0 Å². The zero-order valence-electron chi connectivity index (χ0n) is 15.7. The number of aromatic nitrogens is 1. The van der Waals surface area contributed by atoms with E-state index in [1.54, 1.807) is 31.2 Å². The van der Waals surface area contributed by atoms with Gasteiger partial charge in [0.05, 0.1) is 7.11 Å². The minimum absolute atomic E-state index is 0.0475. The molecule has 1 heterocycles. The van der Waals surface area contributed by atoms with Gasteiger partial charge in [-0.25, -0.2) is 8.78 Å². The number of benzene rings is 1. The van der Waals surface area contributed by atoms with Gasteiger partial charge in [-0.2, -0.15) is 0 Å². The molecule has 0 bridgehead atoms. The Balaban J connectivity index is 2.00. The Morgan fingerprint density at radius 1 is 1.18 bits per heavy atom. The number of nitrogens with one attached hydrogen (secondary N) is 1. The molecule has 0 radical (unpaired) electrons. The number of hydrogen-bond acceptors (Lipinski definition) is 5. The minimum Gasteiger partial charge on any atom is -0.493 e. The van der Waals surface area contributed by atoms with Crippen LogP contribution < -0.4 is 14.8 Å². The lowest BCUT2D eigenvalue weighted by Crippen LogP contribution is -2.23. The van der Waals surface area contributed by atoms with Gasteiger partial charge in [0.25, 0.3) is 12.3 Å². The van der Waals surface area contributed by atoms with Crippen molar-refractivity contribution in [3.8, 4) is 11.5 Å². The molecule has 8 heteroatoms. The summed E-state index contributed by atoms with van der Waals surface area (Å²) >= 11 is 0. The normalized spacial score (nSPS) is 10.6. The van der Waals surface area contributed by atoms with Gasteiger partial charge in [0.2, 0.25) is 0 Å². The molecule has 1 aromatic carbocycles. The lowest BCUT2D eigenvalue weighted by molar-refractivity contribution is -0.118. The van der Waals surface area contributed by atoms with Gasteiger partial charge in [-0.15, -0.1) is 0 Å². The molecule has 0 aliphatic heterocycles. The Morgan fingerprint density at radius 3 is 2.64 bits per heavy atom. The van der Waals surface area contributed by atoms with Crippen LogP contribution in [-0.2, 0) is 17.8 Å². The second-order valence-electron chi connectivity index (χ2n) is 5.97. The molecule has 1 aromatic heterocycles. The number of ether oxygens (including phenoxy) is 2. The second-order valence-corrected chi connectivity index (χ2v) is 5.97. The summed E-state index contributed by atoms with van der Waals surface area (Å²) in [6.07, 6.45) is -0.487. The van der Waals surface area contributed by atoms with E-state index in [0.29, 0.717) is 29.0 Å². The van der Waals surface area contributed by atoms with Crippen molar-refractivity contribution < 1.29 is 27.8 Å². The van der Waals surface area contributed by atoms with Crippen LogP contribution in [-0.4, -0.2) is 36.8 Å². The Morgan fingerprint density at radius 2 is 1.96 bits per heavy atom. The van der Waals surface area contributed by atoms with Crippen molar-refractivity contribution in [2.24, 2.45) is 0 Å². The van der Waals surface area contributed by atoms with Crippen molar-refractivity contribution in [2.75, 3.05) is 13.7 Å². The van der Waals surface area contributed by atoms with Crippen molar-refractivity contribution in [3.05, 3.63) is 53.3 Å². The first-order valence-electron chi connectivity index (χ1n) is 8.75. The highest BCUT2D eigenvalue weighted by Gasteiger charge is 2.12. The van der Waals surface area contributed by atoms with Crippen LogP contribution in [0.1, 0.15) is 35.0 Å². The predicted octanol–water partition coefficient (Wildman–Crippen LogP) is 3.19. The van der Waals surface area contributed by atoms with E-state index in [4.69, 9.17) is 9.47 Å². The van der Waals surface area contributed by atoms with Gasteiger partial charge < -0.3 is 14.8 Å².